The number of amides is 1. The summed E-state index contributed by atoms with van der Waals surface area (Å²) in [4.78, 5) is 39.5. The van der Waals surface area contributed by atoms with Gasteiger partial charge in [-0.3, -0.25) is 4.79 Å². The van der Waals surface area contributed by atoms with Crippen molar-refractivity contribution in [2.75, 3.05) is 17.3 Å². The maximum atomic E-state index is 12.9. The van der Waals surface area contributed by atoms with E-state index in [9.17, 15) is 9.59 Å². The van der Waals surface area contributed by atoms with Crippen LogP contribution < -0.4 is 15.8 Å². The van der Waals surface area contributed by atoms with Crippen LogP contribution in [-0.4, -0.2) is 27.9 Å². The molecule has 4 rings (SSSR count). The summed E-state index contributed by atoms with van der Waals surface area (Å²) < 4.78 is 5.42. The largest absolute Gasteiger partial charge is 0.403 e. The molecular weight excluding hydrogens is 394 g/mol. The van der Waals surface area contributed by atoms with Crippen LogP contribution in [0.4, 0.5) is 11.5 Å². The molecule has 2 aromatic carbocycles. The minimum absolute atomic E-state index is 0.116. The molecule has 154 valence electrons. The summed E-state index contributed by atoms with van der Waals surface area (Å²) in [6.07, 6.45) is 3.07. The van der Waals surface area contributed by atoms with Crippen LogP contribution in [0, 0.1) is 6.92 Å². The Morgan fingerprint density at radius 3 is 2.68 bits per heavy atom. The molecule has 0 unspecified atom stereocenters. The third-order valence-electron chi connectivity index (χ3n) is 4.79. The third kappa shape index (κ3) is 3.91. The zero-order valence-electron chi connectivity index (χ0n) is 17.0. The lowest BCUT2D eigenvalue weighted by molar-refractivity contribution is -0.112. The molecule has 0 spiro atoms. The van der Waals surface area contributed by atoms with Gasteiger partial charge >= 0.3 is 5.63 Å². The number of aromatic nitrogens is 3. The van der Waals surface area contributed by atoms with E-state index in [2.05, 4.69) is 26.8 Å². The maximum Gasteiger partial charge on any atom is 0.347 e. The number of rotatable bonds is 5. The Kier molecular flexibility index (Phi) is 5.28. The van der Waals surface area contributed by atoms with Crippen molar-refractivity contribution in [1.82, 2.24) is 15.0 Å². The lowest BCUT2D eigenvalue weighted by atomic mass is 10.1. The molecule has 0 aliphatic heterocycles. The van der Waals surface area contributed by atoms with Gasteiger partial charge in [0, 0.05) is 18.8 Å². The van der Waals surface area contributed by atoms with Crippen LogP contribution in [0.3, 0.4) is 0 Å². The van der Waals surface area contributed by atoms with E-state index < -0.39 is 11.5 Å². The maximum absolute atomic E-state index is 12.9. The topological polar surface area (TPSA) is 101 Å². The first-order valence-corrected chi connectivity index (χ1v) is 9.45. The van der Waals surface area contributed by atoms with E-state index in [4.69, 9.17) is 4.42 Å². The third-order valence-corrected chi connectivity index (χ3v) is 4.79. The zero-order chi connectivity index (χ0) is 22.0. The van der Waals surface area contributed by atoms with Gasteiger partial charge in [-0.1, -0.05) is 30.8 Å². The summed E-state index contributed by atoms with van der Waals surface area (Å²) in [5, 5.41) is 3.21. The number of carbonyl (C=O) groups is 1. The van der Waals surface area contributed by atoms with Gasteiger partial charge in [-0.05, 0) is 31.2 Å². The lowest BCUT2D eigenvalue weighted by Gasteiger charge is -2.21. The zero-order valence-corrected chi connectivity index (χ0v) is 17.0. The van der Waals surface area contributed by atoms with Crippen molar-refractivity contribution < 1.29 is 9.21 Å². The van der Waals surface area contributed by atoms with Crippen molar-refractivity contribution in [1.29, 1.82) is 0 Å². The average molecular weight is 413 g/mol. The second kappa shape index (κ2) is 8.19. The molecule has 0 saturated carbocycles. The number of nitrogens with one attached hydrogen (secondary N) is 1. The van der Waals surface area contributed by atoms with E-state index in [1.54, 1.807) is 66.7 Å². The van der Waals surface area contributed by atoms with Crippen LogP contribution in [0.1, 0.15) is 5.56 Å². The van der Waals surface area contributed by atoms with Crippen molar-refractivity contribution in [3.8, 4) is 11.5 Å². The Labute approximate surface area is 177 Å². The summed E-state index contributed by atoms with van der Waals surface area (Å²) >= 11 is 0. The smallest absolute Gasteiger partial charge is 0.347 e. The van der Waals surface area contributed by atoms with Crippen molar-refractivity contribution >= 4 is 28.3 Å². The number of carbonyl (C=O) groups excluding carboxylic acids is 1. The molecule has 8 heteroatoms. The van der Waals surface area contributed by atoms with Crippen LogP contribution in [0.5, 0.6) is 0 Å². The molecule has 0 atom stereocenters. The summed E-state index contributed by atoms with van der Waals surface area (Å²) in [6.45, 7) is 5.74. The highest BCUT2D eigenvalue weighted by Crippen LogP contribution is 2.27. The number of aryl methyl sites for hydroxylation is 1. The fourth-order valence-electron chi connectivity index (χ4n) is 3.13. The van der Waals surface area contributed by atoms with Gasteiger partial charge in [0.1, 0.15) is 17.8 Å². The molecule has 0 fully saturated rings. The number of para-hydroxylation sites is 2. The van der Waals surface area contributed by atoms with E-state index in [1.807, 2.05) is 6.92 Å². The van der Waals surface area contributed by atoms with E-state index in [0.29, 0.717) is 28.0 Å². The second-order valence-electron chi connectivity index (χ2n) is 6.86. The Morgan fingerprint density at radius 1 is 1.13 bits per heavy atom. The molecule has 31 heavy (non-hydrogen) atoms. The van der Waals surface area contributed by atoms with Crippen LogP contribution >= 0.6 is 0 Å². The summed E-state index contributed by atoms with van der Waals surface area (Å²) in [7, 11) is 1.70. The van der Waals surface area contributed by atoms with Crippen LogP contribution in [0.2, 0.25) is 0 Å². The number of likely N-dealkylation sites (N-methyl/N-ethyl adjacent to an activating group) is 1. The molecule has 0 radical (unpaired) electrons. The molecule has 2 heterocycles. The lowest BCUT2D eigenvalue weighted by Crippen LogP contribution is -2.28. The van der Waals surface area contributed by atoms with Crippen molar-refractivity contribution in [3.63, 3.8) is 0 Å². The number of hydrogen-bond donors (Lipinski definition) is 1. The van der Waals surface area contributed by atoms with Gasteiger partial charge in [-0.25, -0.2) is 19.7 Å². The molecule has 1 amide bonds. The molecule has 1 N–H and O–H groups in total. The fraction of sp³-hybridized carbons (Fsp3) is 0.0870. The number of benzene rings is 2. The molecule has 0 bridgehead atoms. The molecule has 8 nitrogen and oxygen atoms in total. The first-order chi connectivity index (χ1) is 15.0. The van der Waals surface area contributed by atoms with Crippen LogP contribution in [0.25, 0.3) is 22.4 Å². The summed E-state index contributed by atoms with van der Waals surface area (Å²) in [5.74, 6) is 0.256. The normalized spacial score (nSPS) is 10.6. The first kappa shape index (κ1) is 20.0. The van der Waals surface area contributed by atoms with Crippen LogP contribution in [0.15, 0.2) is 82.5 Å². The SMILES string of the molecule is C=C(C(=O)Nc1ccccc1-c1nc2ccccc2c(=O)o1)N(C)c1ncncc1C. The predicted octanol–water partition coefficient (Wildman–Crippen LogP) is 3.54. The molecule has 2 aromatic heterocycles. The minimum Gasteiger partial charge on any atom is -0.403 e. The Bertz CT molecular complexity index is 1360. The van der Waals surface area contributed by atoms with Gasteiger partial charge in [-0.2, -0.15) is 0 Å². The molecule has 0 saturated heterocycles. The molecule has 0 aliphatic carbocycles. The molecule has 4 aromatic rings. The second-order valence-corrected chi connectivity index (χ2v) is 6.86. The highest BCUT2D eigenvalue weighted by Gasteiger charge is 2.19. The van der Waals surface area contributed by atoms with Crippen LogP contribution in [-0.2, 0) is 4.79 Å². The minimum atomic E-state index is -0.495. The Balaban J connectivity index is 1.65. The molecule has 0 aliphatic rings. The quantitative estimate of drug-likeness (QED) is 0.499. The first-order valence-electron chi connectivity index (χ1n) is 9.45. The highest BCUT2D eigenvalue weighted by molar-refractivity contribution is 6.07. The average Bonchev–Trinajstić information content (AvgIpc) is 2.78. The monoisotopic (exact) mass is 413 g/mol. The van der Waals surface area contributed by atoms with E-state index in [0.717, 1.165) is 5.56 Å². The highest BCUT2D eigenvalue weighted by atomic mass is 16.4. The summed E-state index contributed by atoms with van der Waals surface area (Å²) in [5.41, 5.74) is 1.93. The number of anilines is 2. The van der Waals surface area contributed by atoms with Crippen molar-refractivity contribution in [2.45, 2.75) is 6.92 Å². The van der Waals surface area contributed by atoms with E-state index in [1.165, 1.54) is 6.33 Å². The number of hydrogen-bond acceptors (Lipinski definition) is 7. The van der Waals surface area contributed by atoms with E-state index >= 15 is 0 Å². The van der Waals surface area contributed by atoms with Gasteiger partial charge in [0.15, 0.2) is 0 Å². The fourth-order valence-corrected chi connectivity index (χ4v) is 3.13. The van der Waals surface area contributed by atoms with Gasteiger partial charge in [0.2, 0.25) is 5.89 Å². The van der Waals surface area contributed by atoms with E-state index in [-0.39, 0.29) is 11.6 Å². The Morgan fingerprint density at radius 2 is 1.87 bits per heavy atom. The van der Waals surface area contributed by atoms with Gasteiger partial charge in [0.05, 0.1) is 22.2 Å². The van der Waals surface area contributed by atoms with Gasteiger partial charge in [0.25, 0.3) is 5.91 Å². The Hall–Kier alpha value is -4.33. The van der Waals surface area contributed by atoms with Crippen molar-refractivity contribution in [2.24, 2.45) is 0 Å². The van der Waals surface area contributed by atoms with Gasteiger partial charge < -0.3 is 14.6 Å². The summed E-state index contributed by atoms with van der Waals surface area (Å²) in [6, 6.07) is 13.9. The standard InChI is InChI=1S/C23H19N5O3/c1-14-12-24-13-25-20(14)28(3)15(2)21(29)26-18-10-6-4-8-16(18)22-27-19-11-7-5-9-17(19)23(30)31-22/h4-13H,2H2,1,3H3,(H,26,29). The number of fused-ring (bicyclic) bond motifs is 1. The number of nitrogens with zero attached hydrogens (tertiary/aromatic N) is 4. The molecular formula is C23H19N5O3. The van der Waals surface area contributed by atoms with Crippen molar-refractivity contribution in [3.05, 3.63) is 89.3 Å². The predicted molar refractivity (Wildman–Crippen MR) is 119 cm³/mol. The van der Waals surface area contributed by atoms with Gasteiger partial charge in [-0.15, -0.1) is 0 Å².